The summed E-state index contributed by atoms with van der Waals surface area (Å²) in [4.78, 5) is 22.8. The van der Waals surface area contributed by atoms with Crippen LogP contribution in [-0.4, -0.2) is 48.6 Å². The number of cyclic esters (lactones) is 2. The molecule has 0 spiro atoms. The Morgan fingerprint density at radius 2 is 0.917 bits per heavy atom. The third-order valence-corrected chi connectivity index (χ3v) is 3.68. The lowest BCUT2D eigenvalue weighted by molar-refractivity contribution is -0.146. The molecule has 0 bridgehead atoms. The first kappa shape index (κ1) is 22.9. The normalized spacial score (nSPS) is 19.8. The SMILES string of the molecule is O=C1CCCCCCCCCCC(=O)OCCCCO1.OCCO. The van der Waals surface area contributed by atoms with Gasteiger partial charge in [0.15, 0.2) is 0 Å². The van der Waals surface area contributed by atoms with Gasteiger partial charge in [0, 0.05) is 12.8 Å². The van der Waals surface area contributed by atoms with E-state index < -0.39 is 0 Å². The van der Waals surface area contributed by atoms with E-state index in [1.165, 1.54) is 25.7 Å². The summed E-state index contributed by atoms with van der Waals surface area (Å²) in [5, 5.41) is 15.2. The van der Waals surface area contributed by atoms with Crippen LogP contribution in [0.15, 0.2) is 0 Å². The van der Waals surface area contributed by atoms with Crippen molar-refractivity contribution < 1.29 is 29.3 Å². The van der Waals surface area contributed by atoms with Crippen molar-refractivity contribution in [1.82, 2.24) is 0 Å². The molecule has 0 aliphatic carbocycles. The quantitative estimate of drug-likeness (QED) is 0.709. The topological polar surface area (TPSA) is 93.1 Å². The van der Waals surface area contributed by atoms with Gasteiger partial charge in [-0.15, -0.1) is 0 Å². The summed E-state index contributed by atoms with van der Waals surface area (Å²) in [5.74, 6) is -0.189. The largest absolute Gasteiger partial charge is 0.466 e. The fourth-order valence-corrected chi connectivity index (χ4v) is 2.32. The number of carbonyl (C=O) groups is 2. The van der Waals surface area contributed by atoms with Gasteiger partial charge in [0.1, 0.15) is 0 Å². The van der Waals surface area contributed by atoms with E-state index in [0.717, 1.165) is 38.5 Å². The minimum atomic E-state index is -0.125. The summed E-state index contributed by atoms with van der Waals surface area (Å²) in [6.45, 7) is 0.632. The number of aliphatic hydroxyl groups is 2. The third-order valence-electron chi connectivity index (χ3n) is 3.68. The Bertz CT molecular complexity index is 276. The second-order valence-electron chi connectivity index (χ2n) is 5.92. The molecular formula is C18H34O6. The molecule has 0 aromatic rings. The van der Waals surface area contributed by atoms with Crippen molar-refractivity contribution in [2.45, 2.75) is 77.0 Å². The second kappa shape index (κ2) is 18.2. The van der Waals surface area contributed by atoms with Crippen LogP contribution in [-0.2, 0) is 19.1 Å². The number of hydrogen-bond acceptors (Lipinski definition) is 6. The smallest absolute Gasteiger partial charge is 0.305 e. The fraction of sp³-hybridized carbons (Fsp3) is 0.889. The number of carbonyl (C=O) groups excluding carboxylic acids is 2. The summed E-state index contributed by atoms with van der Waals surface area (Å²) in [7, 11) is 0. The molecule has 0 saturated carbocycles. The van der Waals surface area contributed by atoms with Gasteiger partial charge in [-0.25, -0.2) is 0 Å². The Morgan fingerprint density at radius 1 is 0.583 bits per heavy atom. The fourth-order valence-electron chi connectivity index (χ4n) is 2.32. The van der Waals surface area contributed by atoms with Crippen LogP contribution in [0, 0.1) is 0 Å². The Balaban J connectivity index is 0.00000118. The maximum Gasteiger partial charge on any atom is 0.305 e. The Labute approximate surface area is 145 Å². The van der Waals surface area contributed by atoms with Gasteiger partial charge in [0.25, 0.3) is 0 Å². The van der Waals surface area contributed by atoms with Crippen molar-refractivity contribution in [3.05, 3.63) is 0 Å². The molecule has 0 radical (unpaired) electrons. The van der Waals surface area contributed by atoms with Gasteiger partial charge in [-0.05, 0) is 25.7 Å². The standard InChI is InChI=1S/C16H28O4.C2H6O2/c17-15-11-7-5-3-1-2-4-6-8-12-16(18)20-14-10-9-13-19-15;3-1-2-4/h1-14H2;3-4H,1-2H2. The minimum absolute atomic E-state index is 0.0943. The van der Waals surface area contributed by atoms with E-state index in [2.05, 4.69) is 0 Å². The first-order valence-electron chi connectivity index (χ1n) is 9.23. The molecule has 6 nitrogen and oxygen atoms in total. The van der Waals surface area contributed by atoms with E-state index in [1.54, 1.807) is 0 Å². The molecule has 24 heavy (non-hydrogen) atoms. The molecule has 0 amide bonds. The molecule has 1 saturated heterocycles. The van der Waals surface area contributed by atoms with E-state index >= 15 is 0 Å². The van der Waals surface area contributed by atoms with Crippen molar-refractivity contribution in [2.24, 2.45) is 0 Å². The van der Waals surface area contributed by atoms with Gasteiger partial charge in [0.2, 0.25) is 0 Å². The number of ether oxygens (including phenoxy) is 2. The van der Waals surface area contributed by atoms with Crippen molar-refractivity contribution in [1.29, 1.82) is 0 Å². The summed E-state index contributed by atoms with van der Waals surface area (Å²) >= 11 is 0. The molecule has 1 aliphatic rings. The summed E-state index contributed by atoms with van der Waals surface area (Å²) in [6, 6.07) is 0. The number of rotatable bonds is 1. The van der Waals surface area contributed by atoms with Crippen LogP contribution in [0.4, 0.5) is 0 Å². The van der Waals surface area contributed by atoms with E-state index in [4.69, 9.17) is 19.7 Å². The minimum Gasteiger partial charge on any atom is -0.466 e. The predicted octanol–water partition coefficient (Wildman–Crippen LogP) is 2.74. The Kier molecular flexibility index (Phi) is 17.3. The van der Waals surface area contributed by atoms with Crippen LogP contribution in [0.25, 0.3) is 0 Å². The number of esters is 2. The zero-order chi connectivity index (χ0) is 17.9. The van der Waals surface area contributed by atoms with Crippen molar-refractivity contribution >= 4 is 11.9 Å². The zero-order valence-corrected chi connectivity index (χ0v) is 14.8. The molecule has 1 aliphatic heterocycles. The van der Waals surface area contributed by atoms with Gasteiger partial charge >= 0.3 is 11.9 Å². The van der Waals surface area contributed by atoms with Gasteiger partial charge in [-0.1, -0.05) is 38.5 Å². The zero-order valence-electron chi connectivity index (χ0n) is 14.8. The molecule has 1 heterocycles. The first-order valence-corrected chi connectivity index (χ1v) is 9.23. The first-order chi connectivity index (χ1) is 11.7. The lowest BCUT2D eigenvalue weighted by Crippen LogP contribution is -2.09. The molecule has 0 atom stereocenters. The van der Waals surface area contributed by atoms with E-state index in [1.807, 2.05) is 0 Å². The Hall–Kier alpha value is -1.14. The molecule has 6 heteroatoms. The van der Waals surface area contributed by atoms with E-state index in [0.29, 0.717) is 26.1 Å². The summed E-state index contributed by atoms with van der Waals surface area (Å²) in [6.07, 6.45) is 11.5. The van der Waals surface area contributed by atoms with Crippen LogP contribution in [0.3, 0.4) is 0 Å². The van der Waals surface area contributed by atoms with Crippen molar-refractivity contribution in [3.63, 3.8) is 0 Å². The monoisotopic (exact) mass is 346 g/mol. The second-order valence-corrected chi connectivity index (χ2v) is 5.92. The lowest BCUT2D eigenvalue weighted by atomic mass is 10.1. The maximum absolute atomic E-state index is 11.4. The average Bonchev–Trinajstić information content (AvgIpc) is 2.59. The van der Waals surface area contributed by atoms with Gasteiger partial charge in [0.05, 0.1) is 26.4 Å². The highest BCUT2D eigenvalue weighted by molar-refractivity contribution is 5.69. The highest BCUT2D eigenvalue weighted by Gasteiger charge is 2.05. The summed E-state index contributed by atoms with van der Waals surface area (Å²) in [5.41, 5.74) is 0. The predicted molar refractivity (Wildman–Crippen MR) is 91.5 cm³/mol. The van der Waals surface area contributed by atoms with Gasteiger partial charge in [-0.2, -0.15) is 0 Å². The summed E-state index contributed by atoms with van der Waals surface area (Å²) < 4.78 is 10.3. The molecular weight excluding hydrogens is 312 g/mol. The third kappa shape index (κ3) is 17.2. The van der Waals surface area contributed by atoms with Crippen LogP contribution in [0.1, 0.15) is 77.0 Å². The van der Waals surface area contributed by atoms with Crippen LogP contribution < -0.4 is 0 Å². The Morgan fingerprint density at radius 3 is 1.25 bits per heavy atom. The van der Waals surface area contributed by atoms with Crippen LogP contribution in [0.5, 0.6) is 0 Å². The van der Waals surface area contributed by atoms with Crippen LogP contribution in [0.2, 0.25) is 0 Å². The van der Waals surface area contributed by atoms with E-state index in [-0.39, 0.29) is 25.2 Å². The van der Waals surface area contributed by atoms with Gasteiger partial charge in [-0.3, -0.25) is 9.59 Å². The number of hydrogen-bond donors (Lipinski definition) is 2. The van der Waals surface area contributed by atoms with Crippen molar-refractivity contribution in [2.75, 3.05) is 26.4 Å². The number of aliphatic hydroxyl groups excluding tert-OH is 2. The average molecular weight is 346 g/mol. The molecule has 1 fully saturated rings. The van der Waals surface area contributed by atoms with Crippen LogP contribution >= 0.6 is 0 Å². The highest BCUT2D eigenvalue weighted by atomic mass is 16.5. The molecule has 0 unspecified atom stereocenters. The molecule has 0 aromatic heterocycles. The molecule has 1 rings (SSSR count). The maximum atomic E-state index is 11.4. The molecule has 0 aromatic carbocycles. The molecule has 142 valence electrons. The van der Waals surface area contributed by atoms with E-state index in [9.17, 15) is 9.59 Å². The van der Waals surface area contributed by atoms with Crippen molar-refractivity contribution in [3.8, 4) is 0 Å². The lowest BCUT2D eigenvalue weighted by Gasteiger charge is -2.07. The van der Waals surface area contributed by atoms with Gasteiger partial charge < -0.3 is 19.7 Å². The highest BCUT2D eigenvalue weighted by Crippen LogP contribution is 2.11. The molecule has 2 N–H and O–H groups in total.